The number of hydrogen-bond acceptors (Lipinski definition) is 6. The molecule has 1 N–H and O–H groups in total. The van der Waals surface area contributed by atoms with Gasteiger partial charge in [-0.3, -0.25) is 19.3 Å². The molecule has 0 atom stereocenters. The number of para-hydroxylation sites is 2. The van der Waals surface area contributed by atoms with E-state index in [0.717, 1.165) is 4.90 Å². The first-order chi connectivity index (χ1) is 15.6. The number of thioether (sulfide) groups is 1. The Balaban J connectivity index is 1.26. The van der Waals surface area contributed by atoms with Crippen molar-refractivity contribution in [1.29, 1.82) is 0 Å². The van der Waals surface area contributed by atoms with Crippen LogP contribution in [0.3, 0.4) is 0 Å². The summed E-state index contributed by atoms with van der Waals surface area (Å²) in [6.07, 6.45) is 0. The predicted octanol–water partition coefficient (Wildman–Crippen LogP) is 4.10. The molecule has 1 aliphatic heterocycles. The normalized spacial score (nSPS) is 12.6. The van der Waals surface area contributed by atoms with Crippen LogP contribution in [0.15, 0.2) is 83.8 Å². The first kappa shape index (κ1) is 21.5. The van der Waals surface area contributed by atoms with Gasteiger partial charge in [-0.2, -0.15) is 0 Å². The number of rotatable bonds is 7. The average molecular weight is 449 g/mol. The van der Waals surface area contributed by atoms with Crippen LogP contribution in [0.2, 0.25) is 0 Å². The minimum absolute atomic E-state index is 0.173. The van der Waals surface area contributed by atoms with Gasteiger partial charge in [0.1, 0.15) is 18.0 Å². The number of nitrogens with one attached hydrogen (secondary N) is 1. The maximum absolute atomic E-state index is 12.2. The Bertz CT molecular complexity index is 1120. The van der Waals surface area contributed by atoms with E-state index in [0.29, 0.717) is 22.9 Å². The smallest absolute Gasteiger partial charge is 0.326 e. The summed E-state index contributed by atoms with van der Waals surface area (Å²) >= 11 is 1.43. The third-order valence-corrected chi connectivity index (χ3v) is 5.62. The van der Waals surface area contributed by atoms with Crippen LogP contribution in [0.4, 0.5) is 11.4 Å². The maximum atomic E-state index is 12.2. The number of carbonyl (C=O) groups is 3. The number of nitrogens with zero attached hydrogens (tertiary/aromatic N) is 1. The average Bonchev–Trinajstić information content (AvgIpc) is 2.81. The molecule has 0 saturated carbocycles. The van der Waals surface area contributed by atoms with E-state index in [4.69, 9.17) is 9.47 Å². The van der Waals surface area contributed by atoms with Gasteiger partial charge in [0.15, 0.2) is 6.61 Å². The second kappa shape index (κ2) is 10.0. The molecule has 3 aromatic carbocycles. The molecule has 0 aromatic heterocycles. The monoisotopic (exact) mass is 448 g/mol. The number of hydrogen-bond donors (Lipinski definition) is 1. The summed E-state index contributed by atoms with van der Waals surface area (Å²) < 4.78 is 10.8. The summed E-state index contributed by atoms with van der Waals surface area (Å²) in [6.45, 7) is -0.686. The molecule has 1 heterocycles. The number of fused-ring (bicyclic) bond motifs is 1. The van der Waals surface area contributed by atoms with Crippen LogP contribution in [0.5, 0.6) is 11.5 Å². The lowest BCUT2D eigenvalue weighted by molar-refractivity contribution is -0.146. The number of anilines is 2. The summed E-state index contributed by atoms with van der Waals surface area (Å²) in [5.74, 6) is 0.301. The van der Waals surface area contributed by atoms with Crippen molar-refractivity contribution >= 4 is 40.9 Å². The van der Waals surface area contributed by atoms with Gasteiger partial charge in [0.25, 0.3) is 5.91 Å². The lowest BCUT2D eigenvalue weighted by Crippen LogP contribution is -2.40. The Morgan fingerprint density at radius 3 is 2.38 bits per heavy atom. The topological polar surface area (TPSA) is 84.9 Å². The van der Waals surface area contributed by atoms with Gasteiger partial charge in [0.05, 0.1) is 11.4 Å². The van der Waals surface area contributed by atoms with Crippen LogP contribution in [-0.4, -0.2) is 36.7 Å². The highest BCUT2D eigenvalue weighted by atomic mass is 32.2. The molecular weight excluding hydrogens is 428 g/mol. The third kappa shape index (κ3) is 5.47. The van der Waals surface area contributed by atoms with Crippen LogP contribution in [0.1, 0.15) is 0 Å². The molecule has 0 aliphatic carbocycles. The van der Waals surface area contributed by atoms with E-state index in [-0.39, 0.29) is 18.2 Å². The van der Waals surface area contributed by atoms with E-state index in [9.17, 15) is 14.4 Å². The number of carbonyl (C=O) groups excluding carboxylic acids is 3. The van der Waals surface area contributed by atoms with Gasteiger partial charge in [-0.25, -0.2) is 0 Å². The Kier molecular flexibility index (Phi) is 6.72. The van der Waals surface area contributed by atoms with E-state index in [1.165, 1.54) is 16.7 Å². The largest absolute Gasteiger partial charge is 0.457 e. The minimum Gasteiger partial charge on any atom is -0.457 e. The van der Waals surface area contributed by atoms with Crippen LogP contribution in [0.25, 0.3) is 0 Å². The first-order valence-electron chi connectivity index (χ1n) is 9.89. The van der Waals surface area contributed by atoms with Crippen LogP contribution in [0, 0.1) is 0 Å². The molecule has 32 heavy (non-hydrogen) atoms. The molecule has 7 nitrogen and oxygen atoms in total. The molecule has 3 aromatic rings. The second-order valence-electron chi connectivity index (χ2n) is 6.88. The van der Waals surface area contributed by atoms with Gasteiger partial charge < -0.3 is 14.8 Å². The summed E-state index contributed by atoms with van der Waals surface area (Å²) in [4.78, 5) is 38.9. The SMILES string of the molecule is O=C(COC(=O)CN1C(=O)CSc2ccccc21)Nc1ccc(Oc2ccccc2)cc1. The highest BCUT2D eigenvalue weighted by Crippen LogP contribution is 2.34. The second-order valence-corrected chi connectivity index (χ2v) is 7.90. The van der Waals surface area contributed by atoms with Crippen molar-refractivity contribution in [2.45, 2.75) is 4.90 Å². The number of amides is 2. The van der Waals surface area contributed by atoms with Crippen molar-refractivity contribution in [1.82, 2.24) is 0 Å². The van der Waals surface area contributed by atoms with Gasteiger partial charge in [-0.05, 0) is 48.5 Å². The number of ether oxygens (including phenoxy) is 2. The van der Waals surface area contributed by atoms with Crippen molar-refractivity contribution in [3.63, 3.8) is 0 Å². The van der Waals surface area contributed by atoms with E-state index < -0.39 is 18.5 Å². The van der Waals surface area contributed by atoms with Crippen LogP contribution < -0.4 is 15.0 Å². The van der Waals surface area contributed by atoms with E-state index in [1.54, 1.807) is 36.4 Å². The van der Waals surface area contributed by atoms with Gasteiger partial charge in [0.2, 0.25) is 5.91 Å². The van der Waals surface area contributed by atoms with E-state index in [2.05, 4.69) is 5.32 Å². The molecule has 162 valence electrons. The zero-order chi connectivity index (χ0) is 22.3. The fraction of sp³-hybridized carbons (Fsp3) is 0.125. The standard InChI is InChI=1S/C24H20N2O5S/c27-22(25-17-10-12-19(13-11-17)31-18-6-2-1-3-7-18)15-30-24(29)14-26-20-8-4-5-9-21(20)32-16-23(26)28/h1-13H,14-16H2,(H,25,27). The Labute approximate surface area is 189 Å². The lowest BCUT2D eigenvalue weighted by atomic mass is 10.2. The summed E-state index contributed by atoms with van der Waals surface area (Å²) in [5.41, 5.74) is 1.22. The quantitative estimate of drug-likeness (QED) is 0.548. The van der Waals surface area contributed by atoms with E-state index >= 15 is 0 Å². The molecular formula is C24H20N2O5S. The fourth-order valence-corrected chi connectivity index (χ4v) is 4.01. The zero-order valence-corrected chi connectivity index (χ0v) is 17.8. The summed E-state index contributed by atoms with van der Waals surface area (Å²) in [6, 6.07) is 23.6. The van der Waals surface area contributed by atoms with Crippen LogP contribution in [-0.2, 0) is 19.1 Å². The Morgan fingerprint density at radius 2 is 1.59 bits per heavy atom. The molecule has 1 aliphatic rings. The van der Waals surface area contributed by atoms with Gasteiger partial charge in [-0.15, -0.1) is 11.8 Å². The van der Waals surface area contributed by atoms with Gasteiger partial charge >= 0.3 is 5.97 Å². The molecule has 8 heteroatoms. The molecule has 4 rings (SSSR count). The minimum atomic E-state index is -0.651. The maximum Gasteiger partial charge on any atom is 0.326 e. The van der Waals surface area contributed by atoms with Crippen molar-refractivity contribution in [2.24, 2.45) is 0 Å². The van der Waals surface area contributed by atoms with Crippen molar-refractivity contribution in [2.75, 3.05) is 29.1 Å². The first-order valence-corrected chi connectivity index (χ1v) is 10.9. The number of esters is 1. The molecule has 0 saturated heterocycles. The van der Waals surface area contributed by atoms with E-state index in [1.807, 2.05) is 42.5 Å². The Morgan fingerprint density at radius 1 is 0.906 bits per heavy atom. The molecule has 0 radical (unpaired) electrons. The van der Waals surface area contributed by atoms with Crippen molar-refractivity contribution in [3.05, 3.63) is 78.9 Å². The molecule has 0 spiro atoms. The van der Waals surface area contributed by atoms with Gasteiger partial charge in [-0.1, -0.05) is 30.3 Å². The molecule has 0 unspecified atom stereocenters. The zero-order valence-electron chi connectivity index (χ0n) is 17.0. The predicted molar refractivity (Wildman–Crippen MR) is 122 cm³/mol. The summed E-state index contributed by atoms with van der Waals surface area (Å²) in [5, 5.41) is 2.66. The molecule has 0 fully saturated rings. The molecule has 2 amide bonds. The van der Waals surface area contributed by atoms with Crippen molar-refractivity contribution < 1.29 is 23.9 Å². The van der Waals surface area contributed by atoms with Gasteiger partial charge in [0, 0.05) is 10.6 Å². The Hall–Kier alpha value is -3.78. The molecule has 0 bridgehead atoms. The third-order valence-electron chi connectivity index (χ3n) is 4.58. The lowest BCUT2D eigenvalue weighted by Gasteiger charge is -2.27. The number of benzene rings is 3. The summed E-state index contributed by atoms with van der Waals surface area (Å²) in [7, 11) is 0. The van der Waals surface area contributed by atoms with Crippen LogP contribution >= 0.6 is 11.8 Å². The highest BCUT2D eigenvalue weighted by Gasteiger charge is 2.26. The fourth-order valence-electron chi connectivity index (χ4n) is 3.08. The van der Waals surface area contributed by atoms with Crippen molar-refractivity contribution in [3.8, 4) is 11.5 Å². The highest BCUT2D eigenvalue weighted by molar-refractivity contribution is 8.00.